The third-order valence-corrected chi connectivity index (χ3v) is 6.74. The lowest BCUT2D eigenvalue weighted by atomic mass is 10.2. The summed E-state index contributed by atoms with van der Waals surface area (Å²) < 4.78 is 38.0. The van der Waals surface area contributed by atoms with Crippen molar-refractivity contribution in [1.82, 2.24) is 4.31 Å². The van der Waals surface area contributed by atoms with Crippen molar-refractivity contribution in [3.8, 4) is 11.5 Å². The minimum absolute atomic E-state index is 0.110. The minimum atomic E-state index is -3.61. The van der Waals surface area contributed by atoms with E-state index in [1.165, 1.54) is 29.6 Å². The van der Waals surface area contributed by atoms with Gasteiger partial charge in [0, 0.05) is 18.1 Å². The largest absolute Gasteiger partial charge is 0.495 e. The number of methoxy groups -OCH3 is 1. The van der Waals surface area contributed by atoms with Crippen LogP contribution in [0.4, 0.5) is 5.69 Å². The molecule has 7 nitrogen and oxygen atoms in total. The number of anilines is 1. The summed E-state index contributed by atoms with van der Waals surface area (Å²) in [7, 11) is -2.17. The monoisotopic (exact) mass is 438 g/mol. The number of carbonyl (C=O) groups is 1. The van der Waals surface area contributed by atoms with E-state index in [-0.39, 0.29) is 10.6 Å². The first-order valence-electron chi connectivity index (χ1n) is 9.22. The van der Waals surface area contributed by atoms with Gasteiger partial charge in [-0.15, -0.1) is 0 Å². The van der Waals surface area contributed by atoms with Crippen LogP contribution >= 0.6 is 11.6 Å². The molecule has 3 rings (SSSR count). The van der Waals surface area contributed by atoms with E-state index in [1.807, 2.05) is 0 Å². The Hall–Kier alpha value is -2.29. The summed E-state index contributed by atoms with van der Waals surface area (Å²) in [6, 6.07) is 11.1. The van der Waals surface area contributed by atoms with E-state index in [1.54, 1.807) is 31.2 Å². The van der Waals surface area contributed by atoms with Gasteiger partial charge in [0.25, 0.3) is 5.91 Å². The first kappa shape index (κ1) is 21.4. The van der Waals surface area contributed by atoms with Gasteiger partial charge in [-0.05, 0) is 56.2 Å². The molecule has 1 fully saturated rings. The smallest absolute Gasteiger partial charge is 0.265 e. The molecule has 0 bridgehead atoms. The Balaban J connectivity index is 1.79. The number of nitrogens with zero attached hydrogens (tertiary/aromatic N) is 1. The van der Waals surface area contributed by atoms with Gasteiger partial charge >= 0.3 is 0 Å². The molecule has 0 saturated carbocycles. The fraction of sp³-hybridized carbons (Fsp3) is 0.350. The molecule has 2 aromatic carbocycles. The molecule has 1 aliphatic rings. The molecular weight excluding hydrogens is 416 g/mol. The van der Waals surface area contributed by atoms with Crippen LogP contribution in [-0.4, -0.2) is 44.9 Å². The summed E-state index contributed by atoms with van der Waals surface area (Å²) in [5.74, 6) is 0.366. The van der Waals surface area contributed by atoms with Crippen LogP contribution in [0, 0.1) is 0 Å². The maximum absolute atomic E-state index is 12.8. The van der Waals surface area contributed by atoms with Crippen molar-refractivity contribution < 1.29 is 22.7 Å². The average molecular weight is 439 g/mol. The summed E-state index contributed by atoms with van der Waals surface area (Å²) in [5.41, 5.74) is 0.263. The topological polar surface area (TPSA) is 84.9 Å². The summed E-state index contributed by atoms with van der Waals surface area (Å²) in [6.45, 7) is 2.59. The second kappa shape index (κ2) is 9.02. The van der Waals surface area contributed by atoms with Gasteiger partial charge in [-0.2, -0.15) is 4.31 Å². The third-order valence-electron chi connectivity index (χ3n) is 4.61. The van der Waals surface area contributed by atoms with Crippen molar-refractivity contribution in [2.75, 3.05) is 25.5 Å². The van der Waals surface area contributed by atoms with E-state index in [0.717, 1.165) is 12.8 Å². The first-order valence-corrected chi connectivity index (χ1v) is 11.0. The number of benzene rings is 2. The lowest BCUT2D eigenvalue weighted by Crippen LogP contribution is -2.31. The normalized spacial score (nSPS) is 15.7. The molecule has 1 heterocycles. The third kappa shape index (κ3) is 5.01. The van der Waals surface area contributed by atoms with Gasteiger partial charge in [-0.1, -0.05) is 17.7 Å². The molecule has 1 atom stereocenters. The number of nitrogens with one attached hydrogen (secondary N) is 1. The Labute approximate surface area is 175 Å². The van der Waals surface area contributed by atoms with Crippen LogP contribution in [0.2, 0.25) is 5.02 Å². The molecule has 0 unspecified atom stereocenters. The quantitative estimate of drug-likeness (QED) is 0.714. The zero-order valence-electron chi connectivity index (χ0n) is 16.2. The maximum Gasteiger partial charge on any atom is 0.265 e. The predicted octanol–water partition coefficient (Wildman–Crippen LogP) is 3.54. The second-order valence-corrected chi connectivity index (χ2v) is 9.05. The molecular formula is C20H23ClN2O5S. The van der Waals surface area contributed by atoms with Gasteiger partial charge in [-0.3, -0.25) is 4.79 Å². The van der Waals surface area contributed by atoms with Crippen molar-refractivity contribution in [1.29, 1.82) is 0 Å². The minimum Gasteiger partial charge on any atom is -0.495 e. The zero-order valence-corrected chi connectivity index (χ0v) is 17.8. The molecule has 1 saturated heterocycles. The van der Waals surface area contributed by atoms with E-state index in [4.69, 9.17) is 21.1 Å². The molecule has 0 radical (unpaired) electrons. The van der Waals surface area contributed by atoms with Crippen LogP contribution in [-0.2, 0) is 14.8 Å². The van der Waals surface area contributed by atoms with Gasteiger partial charge in [0.2, 0.25) is 10.0 Å². The van der Waals surface area contributed by atoms with Crippen LogP contribution in [0.5, 0.6) is 11.5 Å². The lowest BCUT2D eigenvalue weighted by molar-refractivity contribution is -0.122. The van der Waals surface area contributed by atoms with Gasteiger partial charge in [0.1, 0.15) is 11.5 Å². The second-order valence-electron chi connectivity index (χ2n) is 6.68. The van der Waals surface area contributed by atoms with Crippen molar-refractivity contribution in [3.63, 3.8) is 0 Å². The van der Waals surface area contributed by atoms with E-state index in [0.29, 0.717) is 29.6 Å². The fourth-order valence-electron chi connectivity index (χ4n) is 3.06. The standard InChI is InChI=1S/C20H23ClN2O5S/c1-14(28-16-7-5-6-15(21)12-16)20(24)22-18-13-17(8-9-19(18)27-2)29(25,26)23-10-3-4-11-23/h5-9,12-14H,3-4,10-11H2,1-2H3,(H,22,24)/t14-/m0/s1. The highest BCUT2D eigenvalue weighted by Crippen LogP contribution is 2.30. The Morgan fingerprint density at radius 2 is 1.90 bits per heavy atom. The fourth-order valence-corrected chi connectivity index (χ4v) is 4.78. The summed E-state index contributed by atoms with van der Waals surface area (Å²) in [6.07, 6.45) is 0.853. The highest BCUT2D eigenvalue weighted by molar-refractivity contribution is 7.89. The molecule has 1 amide bonds. The highest BCUT2D eigenvalue weighted by Gasteiger charge is 2.28. The van der Waals surface area contributed by atoms with Gasteiger partial charge < -0.3 is 14.8 Å². The van der Waals surface area contributed by atoms with Crippen molar-refractivity contribution in [2.24, 2.45) is 0 Å². The zero-order chi connectivity index (χ0) is 21.0. The molecule has 2 aromatic rings. The van der Waals surface area contributed by atoms with E-state index in [9.17, 15) is 13.2 Å². The number of hydrogen-bond acceptors (Lipinski definition) is 5. The summed E-state index contributed by atoms with van der Waals surface area (Å²) in [4.78, 5) is 12.7. The predicted molar refractivity (Wildman–Crippen MR) is 111 cm³/mol. The van der Waals surface area contributed by atoms with E-state index in [2.05, 4.69) is 5.32 Å². The molecule has 0 spiro atoms. The number of sulfonamides is 1. The number of ether oxygens (including phenoxy) is 2. The Morgan fingerprint density at radius 3 is 2.55 bits per heavy atom. The maximum atomic E-state index is 12.8. The highest BCUT2D eigenvalue weighted by atomic mass is 35.5. The molecule has 156 valence electrons. The Morgan fingerprint density at radius 1 is 1.17 bits per heavy atom. The van der Waals surface area contributed by atoms with Gasteiger partial charge in [0.05, 0.1) is 17.7 Å². The molecule has 0 aromatic heterocycles. The first-order chi connectivity index (χ1) is 13.8. The molecule has 9 heteroatoms. The van der Waals surface area contributed by atoms with Gasteiger partial charge in [0.15, 0.2) is 6.10 Å². The van der Waals surface area contributed by atoms with Crippen LogP contribution in [0.15, 0.2) is 47.4 Å². The molecule has 1 aliphatic heterocycles. The SMILES string of the molecule is COc1ccc(S(=O)(=O)N2CCCC2)cc1NC(=O)[C@H](C)Oc1cccc(Cl)c1. The summed E-state index contributed by atoms with van der Waals surface area (Å²) >= 11 is 5.93. The number of amides is 1. The summed E-state index contributed by atoms with van der Waals surface area (Å²) in [5, 5.41) is 3.19. The van der Waals surface area contributed by atoms with Gasteiger partial charge in [-0.25, -0.2) is 8.42 Å². The van der Waals surface area contributed by atoms with E-state index >= 15 is 0 Å². The Bertz CT molecular complexity index is 990. The average Bonchev–Trinajstić information content (AvgIpc) is 3.23. The number of halogens is 1. The molecule has 1 N–H and O–H groups in total. The van der Waals surface area contributed by atoms with Crippen molar-refractivity contribution >= 4 is 33.2 Å². The Kier molecular flexibility index (Phi) is 6.66. The van der Waals surface area contributed by atoms with Crippen molar-refractivity contribution in [2.45, 2.75) is 30.8 Å². The number of carbonyl (C=O) groups excluding carboxylic acids is 1. The lowest BCUT2D eigenvalue weighted by Gasteiger charge is -2.19. The van der Waals surface area contributed by atoms with Crippen molar-refractivity contribution in [3.05, 3.63) is 47.5 Å². The molecule has 0 aliphatic carbocycles. The van der Waals surface area contributed by atoms with Crippen LogP contribution in [0.1, 0.15) is 19.8 Å². The number of hydrogen-bond donors (Lipinski definition) is 1. The van der Waals surface area contributed by atoms with Crippen LogP contribution < -0.4 is 14.8 Å². The van der Waals surface area contributed by atoms with Crippen LogP contribution in [0.25, 0.3) is 0 Å². The number of rotatable bonds is 7. The van der Waals surface area contributed by atoms with Crippen LogP contribution in [0.3, 0.4) is 0 Å². The van der Waals surface area contributed by atoms with E-state index < -0.39 is 22.0 Å². The molecule has 29 heavy (non-hydrogen) atoms.